The number of imidazole rings is 2. The van der Waals surface area contributed by atoms with Crippen LogP contribution in [-0.4, -0.2) is 42.9 Å². The number of H-pyrrole nitrogens is 2. The third-order valence-corrected chi connectivity index (χ3v) is 8.02. The molecule has 3 aromatic carbocycles. The Labute approximate surface area is 242 Å². The lowest BCUT2D eigenvalue weighted by molar-refractivity contribution is 0.202. The van der Waals surface area contributed by atoms with Crippen LogP contribution in [0.5, 0.6) is 0 Å². The minimum absolute atomic E-state index is 0.247. The molecule has 0 bridgehead atoms. The highest BCUT2D eigenvalue weighted by Gasteiger charge is 2.24. The first-order valence-electron chi connectivity index (χ1n) is 14.1. The number of halogens is 1. The summed E-state index contributed by atoms with van der Waals surface area (Å²) in [4.78, 5) is 26.6. The van der Waals surface area contributed by atoms with E-state index in [0.29, 0.717) is 23.1 Å². The largest absolute Gasteiger partial charge is 0.360 e. The number of likely N-dealkylation sites (tertiary alicyclic amines) is 1. The SMILES string of the molecule is [C-]#[N+]c1nc(-c2ccc(CN3CCC(c4nc5ccc(F)cc5[nH]4)CC3)cc2)c(-c2ccccc2)cc1-c1ncc[nH]1. The van der Waals surface area contributed by atoms with Gasteiger partial charge in [-0.05, 0) is 61.3 Å². The van der Waals surface area contributed by atoms with Gasteiger partial charge in [0.15, 0.2) is 5.69 Å². The predicted molar refractivity (Wildman–Crippen MR) is 162 cm³/mol. The molecular weight excluding hydrogens is 525 g/mol. The van der Waals surface area contributed by atoms with E-state index in [4.69, 9.17) is 16.5 Å². The third kappa shape index (κ3) is 5.06. The van der Waals surface area contributed by atoms with Gasteiger partial charge in [0.05, 0.1) is 11.0 Å². The van der Waals surface area contributed by atoms with Crippen molar-refractivity contribution in [2.75, 3.05) is 13.1 Å². The number of hydrogen-bond acceptors (Lipinski definition) is 4. The van der Waals surface area contributed by atoms with Crippen LogP contribution in [0.2, 0.25) is 0 Å². The molecule has 0 amide bonds. The fourth-order valence-corrected chi connectivity index (χ4v) is 5.82. The molecule has 0 saturated carbocycles. The molecule has 0 aliphatic carbocycles. The first kappa shape index (κ1) is 25.8. The minimum Gasteiger partial charge on any atom is -0.360 e. The summed E-state index contributed by atoms with van der Waals surface area (Å²) in [5.41, 5.74) is 7.23. The Kier molecular flexibility index (Phi) is 6.78. The number of piperidine rings is 1. The van der Waals surface area contributed by atoms with E-state index in [1.165, 1.54) is 17.7 Å². The van der Waals surface area contributed by atoms with Gasteiger partial charge in [-0.1, -0.05) is 61.2 Å². The summed E-state index contributed by atoms with van der Waals surface area (Å²) in [6, 6.07) is 25.4. The predicted octanol–water partition coefficient (Wildman–Crippen LogP) is 7.75. The van der Waals surface area contributed by atoms with E-state index in [2.05, 4.69) is 61.1 Å². The van der Waals surface area contributed by atoms with E-state index in [1.54, 1.807) is 18.5 Å². The van der Waals surface area contributed by atoms with E-state index in [0.717, 1.165) is 71.7 Å². The molecule has 42 heavy (non-hydrogen) atoms. The van der Waals surface area contributed by atoms with Crippen LogP contribution in [0.15, 0.2) is 91.3 Å². The van der Waals surface area contributed by atoms with Crippen LogP contribution in [-0.2, 0) is 6.54 Å². The molecule has 3 aromatic heterocycles. The molecular formula is C34H28FN7. The Bertz CT molecular complexity index is 1880. The number of pyridine rings is 1. The van der Waals surface area contributed by atoms with Crippen LogP contribution in [0.25, 0.3) is 49.7 Å². The molecule has 0 unspecified atom stereocenters. The van der Waals surface area contributed by atoms with Gasteiger partial charge in [0.25, 0.3) is 5.82 Å². The van der Waals surface area contributed by atoms with Gasteiger partial charge in [-0.15, -0.1) is 4.98 Å². The van der Waals surface area contributed by atoms with Crippen molar-refractivity contribution < 1.29 is 4.39 Å². The molecule has 1 aliphatic rings. The van der Waals surface area contributed by atoms with Crippen LogP contribution >= 0.6 is 0 Å². The van der Waals surface area contributed by atoms with Crippen LogP contribution in [0.3, 0.4) is 0 Å². The first-order chi connectivity index (χ1) is 20.6. The molecule has 1 saturated heterocycles. The number of benzene rings is 3. The van der Waals surface area contributed by atoms with Crippen LogP contribution < -0.4 is 0 Å². The molecule has 7 rings (SSSR count). The quantitative estimate of drug-likeness (QED) is 0.207. The number of aromatic nitrogens is 5. The Morgan fingerprint density at radius 3 is 2.45 bits per heavy atom. The topological polar surface area (TPSA) is 77.8 Å². The highest BCUT2D eigenvalue weighted by molar-refractivity contribution is 5.87. The lowest BCUT2D eigenvalue weighted by atomic mass is 9.95. The number of aromatic amines is 2. The van der Waals surface area contributed by atoms with Crippen LogP contribution in [0.1, 0.15) is 30.1 Å². The smallest absolute Gasteiger partial charge is 0.281 e. The molecule has 206 valence electrons. The summed E-state index contributed by atoms with van der Waals surface area (Å²) in [6.45, 7) is 10.6. The Balaban J connectivity index is 1.10. The highest BCUT2D eigenvalue weighted by Crippen LogP contribution is 2.38. The van der Waals surface area contributed by atoms with Crippen LogP contribution in [0.4, 0.5) is 10.2 Å². The van der Waals surface area contributed by atoms with Crippen molar-refractivity contribution in [3.8, 4) is 33.8 Å². The summed E-state index contributed by atoms with van der Waals surface area (Å²) in [5, 5.41) is 0. The molecule has 2 N–H and O–H groups in total. The lowest BCUT2D eigenvalue weighted by Gasteiger charge is -2.31. The van der Waals surface area contributed by atoms with Crippen molar-refractivity contribution in [3.05, 3.63) is 120 Å². The van der Waals surface area contributed by atoms with Gasteiger partial charge in [-0.25, -0.2) is 14.4 Å². The van der Waals surface area contributed by atoms with Gasteiger partial charge in [-0.3, -0.25) is 4.90 Å². The summed E-state index contributed by atoms with van der Waals surface area (Å²) in [7, 11) is 0. The summed E-state index contributed by atoms with van der Waals surface area (Å²) in [5.74, 6) is 2.01. The van der Waals surface area contributed by atoms with Crippen molar-refractivity contribution in [2.45, 2.75) is 25.3 Å². The zero-order chi connectivity index (χ0) is 28.5. The monoisotopic (exact) mass is 553 g/mol. The second-order valence-corrected chi connectivity index (χ2v) is 10.7. The summed E-state index contributed by atoms with van der Waals surface area (Å²) < 4.78 is 13.6. The maximum Gasteiger partial charge on any atom is 0.281 e. The van der Waals surface area contributed by atoms with Crippen molar-refractivity contribution in [2.24, 2.45) is 0 Å². The minimum atomic E-state index is -0.247. The van der Waals surface area contributed by atoms with Gasteiger partial charge in [0.2, 0.25) is 0 Å². The van der Waals surface area contributed by atoms with Gasteiger partial charge in [-0.2, -0.15) is 0 Å². The number of hydrogen-bond donors (Lipinski definition) is 2. The lowest BCUT2D eigenvalue weighted by Crippen LogP contribution is -2.32. The van der Waals surface area contributed by atoms with E-state index in [1.807, 2.05) is 24.3 Å². The number of fused-ring (bicyclic) bond motifs is 1. The Hall–Kier alpha value is -5.13. The average Bonchev–Trinajstić information content (AvgIpc) is 3.72. The molecule has 1 aliphatic heterocycles. The highest BCUT2D eigenvalue weighted by atomic mass is 19.1. The summed E-state index contributed by atoms with van der Waals surface area (Å²) >= 11 is 0. The van der Waals surface area contributed by atoms with Gasteiger partial charge in [0.1, 0.15) is 17.5 Å². The average molecular weight is 554 g/mol. The molecule has 6 aromatic rings. The third-order valence-electron chi connectivity index (χ3n) is 8.02. The van der Waals surface area contributed by atoms with Crippen molar-refractivity contribution >= 4 is 16.9 Å². The second kappa shape index (κ2) is 11.0. The molecule has 8 heteroatoms. The maximum atomic E-state index is 13.6. The zero-order valence-corrected chi connectivity index (χ0v) is 22.9. The molecule has 4 heterocycles. The van der Waals surface area contributed by atoms with Crippen molar-refractivity contribution in [1.82, 2.24) is 29.8 Å². The first-order valence-corrected chi connectivity index (χ1v) is 14.1. The molecule has 1 fully saturated rings. The van der Waals surface area contributed by atoms with Crippen molar-refractivity contribution in [1.29, 1.82) is 0 Å². The Morgan fingerprint density at radius 2 is 1.71 bits per heavy atom. The van der Waals surface area contributed by atoms with E-state index >= 15 is 0 Å². The molecule has 0 radical (unpaired) electrons. The Morgan fingerprint density at radius 1 is 0.905 bits per heavy atom. The number of rotatable bonds is 6. The molecule has 7 nitrogen and oxygen atoms in total. The number of nitrogens with one attached hydrogen (secondary N) is 2. The fourth-order valence-electron chi connectivity index (χ4n) is 5.82. The second-order valence-electron chi connectivity index (χ2n) is 10.7. The van der Waals surface area contributed by atoms with Crippen LogP contribution in [0, 0.1) is 12.4 Å². The molecule has 0 atom stereocenters. The molecule has 0 spiro atoms. The van der Waals surface area contributed by atoms with Crippen molar-refractivity contribution in [3.63, 3.8) is 0 Å². The zero-order valence-electron chi connectivity index (χ0n) is 22.9. The summed E-state index contributed by atoms with van der Waals surface area (Å²) in [6.07, 6.45) is 5.45. The number of nitrogens with zero attached hydrogens (tertiary/aromatic N) is 5. The normalized spacial score (nSPS) is 14.3. The van der Waals surface area contributed by atoms with Gasteiger partial charge in [0, 0.05) is 41.5 Å². The van der Waals surface area contributed by atoms with E-state index < -0.39 is 0 Å². The van der Waals surface area contributed by atoms with Gasteiger partial charge >= 0.3 is 0 Å². The maximum absolute atomic E-state index is 13.6. The fraction of sp³-hybridized carbons (Fsp3) is 0.176. The van der Waals surface area contributed by atoms with E-state index in [9.17, 15) is 4.39 Å². The van der Waals surface area contributed by atoms with E-state index in [-0.39, 0.29) is 5.82 Å². The standard InChI is InChI=1S/C34H28FN7/c1-36-33-28(34-37-15-16-38-34)20-27(23-5-3-2-4-6-23)31(41-33)24-9-7-22(8-10-24)21-42-17-13-25(14-18-42)32-39-29-12-11-26(35)19-30(29)40-32/h2-12,15-16,19-20,25H,13-14,17-18,21H2,(H,37,38)(H,39,40). The van der Waals surface area contributed by atoms with Gasteiger partial charge < -0.3 is 14.8 Å².